The van der Waals surface area contributed by atoms with Crippen LogP contribution in [0.15, 0.2) is 0 Å². The summed E-state index contributed by atoms with van der Waals surface area (Å²) in [7, 11) is 0. The van der Waals surface area contributed by atoms with Gasteiger partial charge in [0.25, 0.3) is 0 Å². The van der Waals surface area contributed by atoms with Crippen LogP contribution in [-0.2, 0) is 9.53 Å². The lowest BCUT2D eigenvalue weighted by Gasteiger charge is -2.32. The fourth-order valence-corrected chi connectivity index (χ4v) is 2.59. The molecule has 3 heteroatoms. The Balaban J connectivity index is 2.51. The van der Waals surface area contributed by atoms with Crippen molar-refractivity contribution >= 4 is 5.97 Å². The Labute approximate surface area is 105 Å². The largest absolute Gasteiger partial charge is 0.459 e. The smallest absolute Gasteiger partial charge is 0.323 e. The van der Waals surface area contributed by atoms with Gasteiger partial charge in [-0.15, -0.1) is 0 Å². The first-order valence-electron chi connectivity index (χ1n) is 6.82. The first-order valence-corrected chi connectivity index (χ1v) is 6.82. The second-order valence-electron chi connectivity index (χ2n) is 6.26. The van der Waals surface area contributed by atoms with Crippen LogP contribution in [0.5, 0.6) is 0 Å². The fourth-order valence-electron chi connectivity index (χ4n) is 2.59. The van der Waals surface area contributed by atoms with Gasteiger partial charge < -0.3 is 10.5 Å². The number of esters is 1. The van der Waals surface area contributed by atoms with Gasteiger partial charge in [0.1, 0.15) is 11.6 Å². The van der Waals surface area contributed by atoms with Crippen molar-refractivity contribution in [2.45, 2.75) is 71.4 Å². The molecule has 0 aromatic heterocycles. The van der Waals surface area contributed by atoms with Crippen molar-refractivity contribution in [3.8, 4) is 0 Å². The third kappa shape index (κ3) is 4.66. The molecule has 1 aliphatic carbocycles. The van der Waals surface area contributed by atoms with E-state index in [-0.39, 0.29) is 5.97 Å². The van der Waals surface area contributed by atoms with Gasteiger partial charge >= 0.3 is 5.97 Å². The molecule has 0 amide bonds. The van der Waals surface area contributed by atoms with Crippen LogP contribution >= 0.6 is 0 Å². The summed E-state index contributed by atoms with van der Waals surface area (Å²) in [5.41, 5.74) is 5.60. The third-order valence-corrected chi connectivity index (χ3v) is 3.59. The SMILES string of the molecule is CCC1CCCC(C(N)C(=O)OC(C)(C)C)C1. The Morgan fingerprint density at radius 1 is 1.41 bits per heavy atom. The Hall–Kier alpha value is -0.570. The summed E-state index contributed by atoms with van der Waals surface area (Å²) >= 11 is 0. The Morgan fingerprint density at radius 2 is 2.06 bits per heavy atom. The summed E-state index contributed by atoms with van der Waals surface area (Å²) < 4.78 is 5.36. The van der Waals surface area contributed by atoms with Crippen molar-refractivity contribution in [3.05, 3.63) is 0 Å². The molecule has 0 spiro atoms. The van der Waals surface area contributed by atoms with Gasteiger partial charge in [0.05, 0.1) is 0 Å². The van der Waals surface area contributed by atoms with Crippen LogP contribution in [0, 0.1) is 11.8 Å². The Kier molecular flexibility index (Phi) is 4.99. The topological polar surface area (TPSA) is 52.3 Å². The van der Waals surface area contributed by atoms with Crippen molar-refractivity contribution in [3.63, 3.8) is 0 Å². The van der Waals surface area contributed by atoms with Crippen LogP contribution in [0.25, 0.3) is 0 Å². The van der Waals surface area contributed by atoms with Crippen LogP contribution < -0.4 is 5.73 Å². The van der Waals surface area contributed by atoms with Crippen LogP contribution in [0.1, 0.15) is 59.8 Å². The van der Waals surface area contributed by atoms with Gasteiger partial charge in [-0.3, -0.25) is 4.79 Å². The minimum atomic E-state index is -0.441. The third-order valence-electron chi connectivity index (χ3n) is 3.59. The number of carbonyl (C=O) groups is 1. The molecule has 0 aliphatic heterocycles. The summed E-state index contributed by atoms with van der Waals surface area (Å²) in [6.45, 7) is 7.86. The first kappa shape index (κ1) is 14.5. The molecule has 0 aromatic carbocycles. The van der Waals surface area contributed by atoms with E-state index in [1.807, 2.05) is 20.8 Å². The molecule has 3 nitrogen and oxygen atoms in total. The van der Waals surface area contributed by atoms with Crippen molar-refractivity contribution in [2.24, 2.45) is 17.6 Å². The summed E-state index contributed by atoms with van der Waals surface area (Å²) in [6.07, 6.45) is 5.82. The van der Waals surface area contributed by atoms with E-state index in [2.05, 4.69) is 6.92 Å². The quantitative estimate of drug-likeness (QED) is 0.773. The Bertz CT molecular complexity index is 257. The molecule has 0 aromatic rings. The molecule has 1 rings (SSSR count). The van der Waals surface area contributed by atoms with Crippen LogP contribution in [0.3, 0.4) is 0 Å². The standard InChI is InChI=1S/C14H27NO2/c1-5-10-7-6-8-11(9-10)12(15)13(16)17-14(2,3)4/h10-12H,5-9,15H2,1-4H3. The van der Waals surface area contributed by atoms with Crippen molar-refractivity contribution < 1.29 is 9.53 Å². The Morgan fingerprint density at radius 3 is 2.59 bits per heavy atom. The van der Waals surface area contributed by atoms with E-state index in [0.717, 1.165) is 18.8 Å². The number of hydrogen-bond donors (Lipinski definition) is 1. The van der Waals surface area contributed by atoms with Crippen molar-refractivity contribution in [2.75, 3.05) is 0 Å². The first-order chi connectivity index (χ1) is 7.83. The van der Waals surface area contributed by atoms with E-state index in [0.29, 0.717) is 5.92 Å². The molecule has 1 saturated carbocycles. The summed E-state index contributed by atoms with van der Waals surface area (Å²) in [5, 5.41) is 0. The lowest BCUT2D eigenvalue weighted by molar-refractivity contribution is -0.158. The van der Waals surface area contributed by atoms with E-state index < -0.39 is 11.6 Å². The highest BCUT2D eigenvalue weighted by Crippen LogP contribution is 2.32. The van der Waals surface area contributed by atoms with E-state index in [4.69, 9.17) is 10.5 Å². The highest BCUT2D eigenvalue weighted by Gasteiger charge is 2.32. The van der Waals surface area contributed by atoms with Gasteiger partial charge in [0.2, 0.25) is 0 Å². The summed E-state index contributed by atoms with van der Waals surface area (Å²) in [4.78, 5) is 11.9. The van der Waals surface area contributed by atoms with Gasteiger partial charge in [0.15, 0.2) is 0 Å². The molecule has 17 heavy (non-hydrogen) atoms. The van der Waals surface area contributed by atoms with Crippen molar-refractivity contribution in [1.29, 1.82) is 0 Å². The molecule has 1 aliphatic rings. The minimum Gasteiger partial charge on any atom is -0.459 e. The molecule has 0 bridgehead atoms. The van der Waals surface area contributed by atoms with Crippen molar-refractivity contribution in [1.82, 2.24) is 0 Å². The highest BCUT2D eigenvalue weighted by molar-refractivity contribution is 5.76. The second kappa shape index (κ2) is 5.85. The predicted octanol–water partition coefficient (Wildman–Crippen LogP) is 2.87. The molecule has 0 radical (unpaired) electrons. The van der Waals surface area contributed by atoms with Gasteiger partial charge in [0, 0.05) is 0 Å². The number of hydrogen-bond acceptors (Lipinski definition) is 3. The lowest BCUT2D eigenvalue weighted by Crippen LogP contribution is -2.44. The molecule has 0 saturated heterocycles. The number of rotatable bonds is 3. The molecule has 3 unspecified atom stereocenters. The second-order valence-corrected chi connectivity index (χ2v) is 6.26. The zero-order valence-corrected chi connectivity index (χ0v) is 11.7. The predicted molar refractivity (Wildman–Crippen MR) is 69.6 cm³/mol. The van der Waals surface area contributed by atoms with E-state index >= 15 is 0 Å². The summed E-state index contributed by atoms with van der Waals surface area (Å²) in [6, 6.07) is -0.441. The average Bonchev–Trinajstić information content (AvgIpc) is 2.26. The number of carbonyl (C=O) groups excluding carboxylic acids is 1. The maximum Gasteiger partial charge on any atom is 0.323 e. The maximum atomic E-state index is 11.9. The van der Waals surface area contributed by atoms with Gasteiger partial charge in [-0.1, -0.05) is 26.2 Å². The number of ether oxygens (including phenoxy) is 1. The lowest BCUT2D eigenvalue weighted by atomic mass is 9.77. The molecule has 100 valence electrons. The maximum absolute atomic E-state index is 11.9. The fraction of sp³-hybridized carbons (Fsp3) is 0.929. The van der Waals surface area contributed by atoms with Gasteiger partial charge in [-0.25, -0.2) is 0 Å². The highest BCUT2D eigenvalue weighted by atomic mass is 16.6. The zero-order valence-electron chi connectivity index (χ0n) is 11.7. The van der Waals surface area contributed by atoms with Gasteiger partial charge in [-0.05, 0) is 45.4 Å². The minimum absolute atomic E-state index is 0.237. The van der Waals surface area contributed by atoms with Gasteiger partial charge in [-0.2, -0.15) is 0 Å². The summed E-state index contributed by atoms with van der Waals surface area (Å²) in [5.74, 6) is 0.810. The molecule has 3 atom stereocenters. The molecular formula is C14H27NO2. The monoisotopic (exact) mass is 241 g/mol. The number of nitrogens with two attached hydrogens (primary N) is 1. The van der Waals surface area contributed by atoms with E-state index in [1.165, 1.54) is 19.3 Å². The van der Waals surface area contributed by atoms with Crippen LogP contribution in [0.4, 0.5) is 0 Å². The zero-order chi connectivity index (χ0) is 13.1. The van der Waals surface area contributed by atoms with Crippen LogP contribution in [-0.4, -0.2) is 17.6 Å². The molecule has 2 N–H and O–H groups in total. The normalized spacial score (nSPS) is 27.6. The van der Waals surface area contributed by atoms with E-state index in [1.54, 1.807) is 0 Å². The molecular weight excluding hydrogens is 214 g/mol. The molecule has 1 fully saturated rings. The average molecular weight is 241 g/mol. The van der Waals surface area contributed by atoms with E-state index in [9.17, 15) is 4.79 Å². The van der Waals surface area contributed by atoms with Crippen LogP contribution in [0.2, 0.25) is 0 Å². The molecule has 0 heterocycles.